The molecule has 0 atom stereocenters. The third kappa shape index (κ3) is 3.57. The van der Waals surface area contributed by atoms with Crippen molar-refractivity contribution in [1.29, 1.82) is 0 Å². The van der Waals surface area contributed by atoms with E-state index in [-0.39, 0.29) is 12.6 Å². The first-order valence-corrected chi connectivity index (χ1v) is 10.8. The predicted octanol–water partition coefficient (Wildman–Crippen LogP) is 5.02. The van der Waals surface area contributed by atoms with Gasteiger partial charge in [-0.05, 0) is 48.0 Å². The van der Waals surface area contributed by atoms with Crippen LogP contribution in [0.4, 0.5) is 0 Å². The number of ether oxygens (including phenoxy) is 4. The molecule has 0 fully saturated rings. The summed E-state index contributed by atoms with van der Waals surface area (Å²) in [6.07, 6.45) is 6.63. The summed E-state index contributed by atoms with van der Waals surface area (Å²) < 4.78 is 27.6. The van der Waals surface area contributed by atoms with Crippen LogP contribution >= 0.6 is 0 Å². The summed E-state index contributed by atoms with van der Waals surface area (Å²) in [5, 5.41) is 0. The van der Waals surface area contributed by atoms with Gasteiger partial charge in [-0.3, -0.25) is 9.78 Å². The Labute approximate surface area is 195 Å². The molecule has 0 unspecified atom stereocenters. The minimum atomic E-state index is -0.0683. The number of fused-ring (bicyclic) bond motifs is 2. The zero-order chi connectivity index (χ0) is 22.9. The van der Waals surface area contributed by atoms with Crippen LogP contribution in [0, 0.1) is 0 Å². The molecule has 2 aromatic carbocycles. The summed E-state index contributed by atoms with van der Waals surface area (Å²) in [6, 6.07) is 16.5. The van der Waals surface area contributed by atoms with Gasteiger partial charge in [-0.2, -0.15) is 0 Å². The van der Waals surface area contributed by atoms with Crippen LogP contribution < -0.4 is 18.9 Å². The molecule has 6 rings (SSSR count). The van der Waals surface area contributed by atoms with E-state index < -0.39 is 0 Å². The number of benzene rings is 2. The number of hydrogen-bond donors (Lipinski definition) is 0. The molecule has 2 aromatic heterocycles. The predicted molar refractivity (Wildman–Crippen MR) is 123 cm³/mol. The van der Waals surface area contributed by atoms with Gasteiger partial charge in [-0.15, -0.1) is 0 Å². The van der Waals surface area contributed by atoms with Gasteiger partial charge in [-0.25, -0.2) is 0 Å². The molecular weight excluding hydrogens is 434 g/mol. The maximum Gasteiger partial charge on any atom is 0.231 e. The molecule has 0 radical (unpaired) electrons. The zero-order valence-electron chi connectivity index (χ0n) is 18.0. The van der Waals surface area contributed by atoms with Gasteiger partial charge in [0.2, 0.25) is 6.79 Å². The number of hydrogen-bond acceptors (Lipinski definition) is 7. The summed E-state index contributed by atoms with van der Waals surface area (Å²) in [5.74, 6) is 2.58. The highest BCUT2D eigenvalue weighted by Crippen LogP contribution is 2.43. The van der Waals surface area contributed by atoms with Crippen LogP contribution in [-0.2, 0) is 0 Å². The van der Waals surface area contributed by atoms with E-state index in [4.69, 9.17) is 23.4 Å². The van der Waals surface area contributed by atoms with Crippen LogP contribution in [0.2, 0.25) is 0 Å². The third-order valence-corrected chi connectivity index (χ3v) is 5.71. The maximum absolute atomic E-state index is 13.4. The fourth-order valence-electron chi connectivity index (χ4n) is 4.18. The molecule has 2 aliphatic rings. The van der Waals surface area contributed by atoms with Gasteiger partial charge in [0.15, 0.2) is 17.3 Å². The molecule has 7 nitrogen and oxygen atoms in total. The van der Waals surface area contributed by atoms with Gasteiger partial charge < -0.3 is 23.4 Å². The van der Waals surface area contributed by atoms with Crippen molar-refractivity contribution in [3.8, 4) is 23.0 Å². The molecule has 168 valence electrons. The minimum absolute atomic E-state index is 0.0683. The van der Waals surface area contributed by atoms with E-state index in [0.29, 0.717) is 47.3 Å². The normalized spacial score (nSPS) is 13.8. The number of nitrogens with zero attached hydrogens (tertiary/aromatic N) is 1. The molecule has 0 bridgehead atoms. The molecule has 3 heterocycles. The SMILES string of the molecule is O=C1C(c2cccnc2)=C(c2ccoc2)c2ccc(OCCOc3ccc4c(c3)OCO4)cc21. The summed E-state index contributed by atoms with van der Waals surface area (Å²) >= 11 is 0. The van der Waals surface area contributed by atoms with Gasteiger partial charge in [0.1, 0.15) is 24.7 Å². The largest absolute Gasteiger partial charge is 0.490 e. The number of ketones is 1. The van der Waals surface area contributed by atoms with Crippen molar-refractivity contribution < 1.29 is 28.2 Å². The number of aromatic nitrogens is 1. The monoisotopic (exact) mass is 453 g/mol. The fraction of sp³-hybridized carbons (Fsp3) is 0.111. The van der Waals surface area contributed by atoms with Crippen molar-refractivity contribution in [2.45, 2.75) is 0 Å². The summed E-state index contributed by atoms with van der Waals surface area (Å²) in [7, 11) is 0. The molecule has 0 N–H and O–H groups in total. The lowest BCUT2D eigenvalue weighted by Crippen LogP contribution is -2.09. The summed E-state index contributed by atoms with van der Waals surface area (Å²) in [4.78, 5) is 17.6. The number of furan rings is 1. The second-order valence-electron chi connectivity index (χ2n) is 7.75. The van der Waals surface area contributed by atoms with Gasteiger partial charge in [0.25, 0.3) is 0 Å². The average Bonchev–Trinajstić information content (AvgIpc) is 3.62. The summed E-state index contributed by atoms with van der Waals surface area (Å²) in [5.41, 5.74) is 4.47. The smallest absolute Gasteiger partial charge is 0.231 e. The van der Waals surface area contributed by atoms with Crippen LogP contribution in [0.15, 0.2) is 83.9 Å². The van der Waals surface area contributed by atoms with Crippen LogP contribution in [-0.4, -0.2) is 30.8 Å². The van der Waals surface area contributed by atoms with E-state index in [2.05, 4.69) is 4.98 Å². The molecule has 0 saturated heterocycles. The van der Waals surface area contributed by atoms with E-state index in [1.807, 2.05) is 42.5 Å². The van der Waals surface area contributed by atoms with Gasteiger partial charge in [-0.1, -0.05) is 6.07 Å². The van der Waals surface area contributed by atoms with Crippen molar-refractivity contribution >= 4 is 16.9 Å². The van der Waals surface area contributed by atoms with E-state index >= 15 is 0 Å². The van der Waals surface area contributed by atoms with E-state index in [0.717, 1.165) is 22.3 Å². The molecule has 1 aliphatic carbocycles. The van der Waals surface area contributed by atoms with E-state index in [1.165, 1.54) is 0 Å². The first kappa shape index (κ1) is 20.1. The van der Waals surface area contributed by atoms with Crippen LogP contribution in [0.1, 0.15) is 27.0 Å². The van der Waals surface area contributed by atoms with Crippen LogP contribution in [0.3, 0.4) is 0 Å². The Kier molecular flexibility index (Phi) is 4.99. The molecule has 7 heteroatoms. The maximum atomic E-state index is 13.4. The quantitative estimate of drug-likeness (QED) is 0.364. The van der Waals surface area contributed by atoms with Gasteiger partial charge in [0.05, 0.1) is 12.5 Å². The molecular formula is C27H19NO6. The second kappa shape index (κ2) is 8.44. The standard InChI is InChI=1S/C27H19NO6/c29-27-22-12-19(31-10-11-32-20-4-6-23-24(13-20)34-16-33-23)3-5-21(22)25(18-7-9-30-15-18)26(27)17-2-1-8-28-14-17/h1-9,12-15H,10-11,16H2. The van der Waals surface area contributed by atoms with Crippen molar-refractivity contribution in [2.75, 3.05) is 20.0 Å². The first-order valence-electron chi connectivity index (χ1n) is 10.8. The summed E-state index contributed by atoms with van der Waals surface area (Å²) in [6.45, 7) is 0.877. The van der Waals surface area contributed by atoms with Crippen molar-refractivity contribution in [2.24, 2.45) is 0 Å². The van der Waals surface area contributed by atoms with Crippen molar-refractivity contribution in [3.05, 3.63) is 102 Å². The number of pyridine rings is 1. The Morgan fingerprint density at radius 1 is 0.824 bits per heavy atom. The first-order chi connectivity index (χ1) is 16.8. The number of rotatable bonds is 7. The number of carbonyl (C=O) groups excluding carboxylic acids is 1. The Hall–Kier alpha value is -4.52. The average molecular weight is 453 g/mol. The Balaban J connectivity index is 1.19. The lowest BCUT2D eigenvalue weighted by atomic mass is 9.97. The van der Waals surface area contributed by atoms with Gasteiger partial charge >= 0.3 is 0 Å². The topological polar surface area (TPSA) is 80.0 Å². The highest BCUT2D eigenvalue weighted by atomic mass is 16.7. The highest BCUT2D eigenvalue weighted by Gasteiger charge is 2.32. The second-order valence-corrected chi connectivity index (χ2v) is 7.75. The molecule has 0 saturated carbocycles. The highest BCUT2D eigenvalue weighted by molar-refractivity contribution is 6.41. The van der Waals surface area contributed by atoms with Crippen LogP contribution in [0.5, 0.6) is 23.0 Å². The van der Waals surface area contributed by atoms with Crippen molar-refractivity contribution in [3.63, 3.8) is 0 Å². The van der Waals surface area contributed by atoms with Crippen molar-refractivity contribution in [1.82, 2.24) is 4.98 Å². The lowest BCUT2D eigenvalue weighted by molar-refractivity contribution is 0.105. The molecule has 0 amide bonds. The minimum Gasteiger partial charge on any atom is -0.490 e. The molecule has 34 heavy (non-hydrogen) atoms. The number of allylic oxidation sites excluding steroid dienone is 1. The molecule has 4 aromatic rings. The van der Waals surface area contributed by atoms with E-state index in [1.54, 1.807) is 37.1 Å². The number of carbonyl (C=O) groups is 1. The Morgan fingerprint density at radius 3 is 2.44 bits per heavy atom. The third-order valence-electron chi connectivity index (χ3n) is 5.71. The van der Waals surface area contributed by atoms with Crippen LogP contribution in [0.25, 0.3) is 11.1 Å². The van der Waals surface area contributed by atoms with Gasteiger partial charge in [0, 0.05) is 46.3 Å². The Bertz CT molecular complexity index is 1390. The zero-order valence-corrected chi connectivity index (χ0v) is 18.0. The van der Waals surface area contributed by atoms with E-state index in [9.17, 15) is 4.79 Å². The Morgan fingerprint density at radius 2 is 1.65 bits per heavy atom. The number of Topliss-reactive ketones (excluding diaryl/α,β-unsaturated/α-hetero) is 1. The molecule has 0 spiro atoms. The molecule has 1 aliphatic heterocycles. The lowest BCUT2D eigenvalue weighted by Gasteiger charge is -2.10. The fourth-order valence-corrected chi connectivity index (χ4v) is 4.18.